The Balaban J connectivity index is 1.62. The monoisotopic (exact) mass is 312 g/mol. The maximum atomic E-state index is 12.3. The molecule has 5 heteroatoms. The fourth-order valence-electron chi connectivity index (χ4n) is 6.01. The molecule has 4 aliphatic rings. The molecule has 2 aromatic rings. The molecule has 0 amide bonds. The fraction of sp³-hybridized carbons (Fsp3) is 0.611. The van der Waals surface area contributed by atoms with Crippen molar-refractivity contribution in [3.05, 3.63) is 39.3 Å². The average molecular weight is 312 g/mol. The number of nitrogens with zero attached hydrogens (tertiary/aromatic N) is 2. The Morgan fingerprint density at radius 3 is 2.43 bits per heavy atom. The highest BCUT2D eigenvalue weighted by molar-refractivity contribution is 5.72. The highest BCUT2D eigenvalue weighted by Gasteiger charge is 2.51. The van der Waals surface area contributed by atoms with Gasteiger partial charge in [-0.05, 0) is 73.8 Å². The van der Waals surface area contributed by atoms with E-state index in [1.807, 2.05) is 0 Å². The zero-order valence-corrected chi connectivity index (χ0v) is 13.0. The maximum absolute atomic E-state index is 12.3. The minimum atomic E-state index is -0.583. The predicted octanol–water partition coefficient (Wildman–Crippen LogP) is 2.57. The van der Waals surface area contributed by atoms with Gasteiger partial charge in [-0.3, -0.25) is 4.57 Å². The number of aromatic nitrogens is 2. The van der Waals surface area contributed by atoms with E-state index >= 15 is 0 Å². The van der Waals surface area contributed by atoms with Crippen LogP contribution in [0.4, 0.5) is 0 Å². The largest absolute Gasteiger partial charge is 0.423 e. The van der Waals surface area contributed by atoms with E-state index in [2.05, 4.69) is 4.98 Å². The number of rotatable bonds is 2. The quantitative estimate of drug-likeness (QED) is 0.855. The molecular weight excluding hydrogens is 292 g/mol. The van der Waals surface area contributed by atoms with Crippen molar-refractivity contribution in [2.45, 2.75) is 45.1 Å². The van der Waals surface area contributed by atoms with Gasteiger partial charge in [0, 0.05) is 12.7 Å². The van der Waals surface area contributed by atoms with Crippen LogP contribution in [-0.4, -0.2) is 9.55 Å². The molecule has 0 atom stereocenters. The van der Waals surface area contributed by atoms with Gasteiger partial charge in [-0.25, -0.2) is 14.6 Å². The summed E-state index contributed by atoms with van der Waals surface area (Å²) in [5, 5.41) is 0.400. The SMILES string of the molecule is O=c1oc(=O)n(CC23CC4CC(CC(C4)C2)C3)c2ncccc12. The lowest BCUT2D eigenvalue weighted by Gasteiger charge is -2.56. The Hall–Kier alpha value is -1.91. The van der Waals surface area contributed by atoms with Crippen LogP contribution >= 0.6 is 0 Å². The van der Waals surface area contributed by atoms with Crippen LogP contribution in [0.15, 0.2) is 32.3 Å². The summed E-state index contributed by atoms with van der Waals surface area (Å²) in [7, 11) is 0. The zero-order chi connectivity index (χ0) is 15.6. The molecule has 2 heterocycles. The minimum Gasteiger partial charge on any atom is -0.372 e. The predicted molar refractivity (Wildman–Crippen MR) is 85.1 cm³/mol. The molecule has 23 heavy (non-hydrogen) atoms. The molecule has 0 radical (unpaired) electrons. The van der Waals surface area contributed by atoms with E-state index in [1.54, 1.807) is 22.9 Å². The van der Waals surface area contributed by atoms with E-state index in [1.165, 1.54) is 38.5 Å². The Labute approximate surface area is 133 Å². The van der Waals surface area contributed by atoms with Crippen LogP contribution in [0.5, 0.6) is 0 Å². The Kier molecular flexibility index (Phi) is 2.68. The first kappa shape index (κ1) is 13.5. The van der Waals surface area contributed by atoms with Crippen molar-refractivity contribution >= 4 is 11.0 Å². The first-order chi connectivity index (χ1) is 11.1. The summed E-state index contributed by atoms with van der Waals surface area (Å²) in [6.45, 7) is 0.645. The van der Waals surface area contributed by atoms with Gasteiger partial charge in [0.1, 0.15) is 5.39 Å². The van der Waals surface area contributed by atoms with Crippen molar-refractivity contribution in [1.29, 1.82) is 0 Å². The second-order valence-electron chi connectivity index (χ2n) is 8.03. The number of hydrogen-bond donors (Lipinski definition) is 0. The smallest absolute Gasteiger partial charge is 0.372 e. The van der Waals surface area contributed by atoms with Crippen LogP contribution in [-0.2, 0) is 6.54 Å². The van der Waals surface area contributed by atoms with Crippen molar-refractivity contribution in [3.8, 4) is 0 Å². The fourth-order valence-corrected chi connectivity index (χ4v) is 6.01. The molecule has 120 valence electrons. The topological polar surface area (TPSA) is 65.1 Å². The first-order valence-corrected chi connectivity index (χ1v) is 8.61. The van der Waals surface area contributed by atoms with Crippen molar-refractivity contribution in [2.24, 2.45) is 23.2 Å². The van der Waals surface area contributed by atoms with Crippen LogP contribution in [0.25, 0.3) is 11.0 Å². The lowest BCUT2D eigenvalue weighted by atomic mass is 9.49. The second kappa shape index (κ2) is 4.56. The van der Waals surface area contributed by atoms with E-state index in [4.69, 9.17) is 4.42 Å². The minimum absolute atomic E-state index is 0.197. The molecule has 4 fully saturated rings. The van der Waals surface area contributed by atoms with Crippen LogP contribution in [0.3, 0.4) is 0 Å². The molecule has 0 unspecified atom stereocenters. The molecule has 4 saturated carbocycles. The van der Waals surface area contributed by atoms with Gasteiger partial charge in [0.05, 0.1) is 0 Å². The third-order valence-electron chi connectivity index (χ3n) is 6.32. The summed E-state index contributed by atoms with van der Waals surface area (Å²) in [4.78, 5) is 28.5. The summed E-state index contributed by atoms with van der Waals surface area (Å²) in [5.41, 5.74) is 0.0903. The van der Waals surface area contributed by atoms with Crippen molar-refractivity contribution in [3.63, 3.8) is 0 Å². The lowest BCUT2D eigenvalue weighted by Crippen LogP contribution is -2.49. The zero-order valence-electron chi connectivity index (χ0n) is 13.0. The Morgan fingerprint density at radius 1 is 1.13 bits per heavy atom. The molecule has 0 saturated heterocycles. The summed E-state index contributed by atoms with van der Waals surface area (Å²) in [6, 6.07) is 3.39. The van der Waals surface area contributed by atoms with Gasteiger partial charge in [-0.2, -0.15) is 0 Å². The molecule has 0 aliphatic heterocycles. The summed E-state index contributed by atoms with van der Waals surface area (Å²) < 4.78 is 6.56. The van der Waals surface area contributed by atoms with E-state index in [0.717, 1.165) is 17.8 Å². The third kappa shape index (κ3) is 2.02. The summed E-state index contributed by atoms with van der Waals surface area (Å²) in [6.07, 6.45) is 9.37. The Bertz CT molecular complexity index is 860. The third-order valence-corrected chi connectivity index (χ3v) is 6.32. The molecule has 5 nitrogen and oxygen atoms in total. The summed E-state index contributed by atoms with van der Waals surface area (Å²) >= 11 is 0. The van der Waals surface area contributed by atoms with E-state index in [9.17, 15) is 9.59 Å². The van der Waals surface area contributed by atoms with Gasteiger partial charge in [-0.1, -0.05) is 0 Å². The van der Waals surface area contributed by atoms with E-state index in [0.29, 0.717) is 17.6 Å². The molecule has 6 rings (SSSR count). The van der Waals surface area contributed by atoms with Gasteiger partial charge in [0.15, 0.2) is 5.65 Å². The number of pyridine rings is 1. The standard InChI is InChI=1S/C18H20N2O3/c21-16-14-2-1-3-19-15(14)20(17(22)23-16)10-18-7-11-4-12(8-18)6-13(5-11)9-18/h1-3,11-13H,4-10H2. The van der Waals surface area contributed by atoms with Gasteiger partial charge < -0.3 is 4.42 Å². The van der Waals surface area contributed by atoms with Gasteiger partial charge in [0.25, 0.3) is 0 Å². The normalized spacial score (nSPS) is 35.0. The Morgan fingerprint density at radius 2 is 1.78 bits per heavy atom. The molecule has 0 spiro atoms. The lowest BCUT2D eigenvalue weighted by molar-refractivity contribution is -0.0626. The first-order valence-electron chi connectivity index (χ1n) is 8.61. The highest BCUT2D eigenvalue weighted by Crippen LogP contribution is 2.60. The van der Waals surface area contributed by atoms with E-state index < -0.39 is 11.4 Å². The molecule has 0 aromatic carbocycles. The molecular formula is C18H20N2O3. The van der Waals surface area contributed by atoms with E-state index in [-0.39, 0.29) is 5.41 Å². The second-order valence-corrected chi connectivity index (χ2v) is 8.03. The van der Waals surface area contributed by atoms with Crippen LogP contribution in [0.1, 0.15) is 38.5 Å². The van der Waals surface area contributed by atoms with Crippen molar-refractivity contribution < 1.29 is 4.42 Å². The van der Waals surface area contributed by atoms with Gasteiger partial charge >= 0.3 is 11.4 Å². The molecule has 0 N–H and O–H groups in total. The average Bonchev–Trinajstić information content (AvgIpc) is 2.50. The highest BCUT2D eigenvalue weighted by atomic mass is 16.4. The number of fused-ring (bicyclic) bond motifs is 1. The van der Waals surface area contributed by atoms with Crippen LogP contribution in [0, 0.1) is 23.2 Å². The van der Waals surface area contributed by atoms with Gasteiger partial charge in [0.2, 0.25) is 0 Å². The van der Waals surface area contributed by atoms with Gasteiger partial charge in [-0.15, -0.1) is 0 Å². The van der Waals surface area contributed by atoms with Crippen LogP contribution < -0.4 is 11.4 Å². The molecule has 4 aliphatic carbocycles. The number of hydrogen-bond acceptors (Lipinski definition) is 4. The summed E-state index contributed by atoms with van der Waals surface area (Å²) in [5.74, 6) is 1.92. The van der Waals surface area contributed by atoms with Crippen LogP contribution in [0.2, 0.25) is 0 Å². The molecule has 4 bridgehead atoms. The van der Waals surface area contributed by atoms with Crippen molar-refractivity contribution in [2.75, 3.05) is 0 Å². The van der Waals surface area contributed by atoms with Crippen molar-refractivity contribution in [1.82, 2.24) is 9.55 Å². The molecule has 2 aromatic heterocycles. The maximum Gasteiger partial charge on any atom is 0.423 e.